The van der Waals surface area contributed by atoms with E-state index in [9.17, 15) is 4.79 Å². The standard InChI is InChI=1S/C13H19BrN2O/c1-10(2)16-9-13(17)15-8-7-11-3-5-12(14)6-4-11/h3-6,10,16H,7-9H2,1-2H3,(H,15,17). The van der Waals surface area contributed by atoms with Gasteiger partial charge in [-0.25, -0.2) is 0 Å². The Morgan fingerprint density at radius 1 is 1.29 bits per heavy atom. The summed E-state index contributed by atoms with van der Waals surface area (Å²) in [4.78, 5) is 11.4. The predicted octanol–water partition coefficient (Wildman–Crippen LogP) is 2.11. The van der Waals surface area contributed by atoms with Crippen LogP contribution in [0.25, 0.3) is 0 Å². The number of hydrogen-bond donors (Lipinski definition) is 2. The molecule has 0 saturated carbocycles. The lowest BCUT2D eigenvalue weighted by Crippen LogP contribution is -2.37. The quantitative estimate of drug-likeness (QED) is 0.844. The minimum atomic E-state index is 0.0517. The third kappa shape index (κ3) is 6.44. The smallest absolute Gasteiger partial charge is 0.233 e. The van der Waals surface area contributed by atoms with E-state index in [-0.39, 0.29) is 5.91 Å². The zero-order chi connectivity index (χ0) is 12.7. The van der Waals surface area contributed by atoms with Crippen LogP contribution in [-0.4, -0.2) is 25.0 Å². The number of amides is 1. The second-order valence-corrected chi connectivity index (χ2v) is 5.18. The van der Waals surface area contributed by atoms with Crippen molar-refractivity contribution in [2.24, 2.45) is 0 Å². The van der Waals surface area contributed by atoms with Gasteiger partial charge in [-0.2, -0.15) is 0 Å². The molecule has 0 spiro atoms. The van der Waals surface area contributed by atoms with Gasteiger partial charge >= 0.3 is 0 Å². The molecule has 94 valence electrons. The van der Waals surface area contributed by atoms with Crippen LogP contribution in [0.2, 0.25) is 0 Å². The molecule has 17 heavy (non-hydrogen) atoms. The molecule has 0 aromatic heterocycles. The predicted molar refractivity (Wildman–Crippen MR) is 74.0 cm³/mol. The minimum Gasteiger partial charge on any atom is -0.355 e. The lowest BCUT2D eigenvalue weighted by molar-refractivity contribution is -0.120. The second kappa shape index (κ2) is 7.45. The van der Waals surface area contributed by atoms with Crippen LogP contribution >= 0.6 is 15.9 Å². The molecule has 1 rings (SSSR count). The highest BCUT2D eigenvalue weighted by atomic mass is 79.9. The van der Waals surface area contributed by atoms with Crippen LogP contribution in [-0.2, 0) is 11.2 Å². The minimum absolute atomic E-state index is 0.0517. The number of halogens is 1. The largest absolute Gasteiger partial charge is 0.355 e. The highest BCUT2D eigenvalue weighted by Crippen LogP contribution is 2.10. The van der Waals surface area contributed by atoms with E-state index in [1.165, 1.54) is 5.56 Å². The number of carbonyl (C=O) groups excluding carboxylic acids is 1. The van der Waals surface area contributed by atoms with Crippen LogP contribution in [0.1, 0.15) is 19.4 Å². The summed E-state index contributed by atoms with van der Waals surface area (Å²) >= 11 is 3.39. The van der Waals surface area contributed by atoms with Crippen molar-refractivity contribution in [3.63, 3.8) is 0 Å². The summed E-state index contributed by atoms with van der Waals surface area (Å²) in [5, 5.41) is 5.97. The Kier molecular flexibility index (Phi) is 6.22. The van der Waals surface area contributed by atoms with Crippen molar-refractivity contribution in [1.82, 2.24) is 10.6 Å². The van der Waals surface area contributed by atoms with Gasteiger partial charge in [-0.15, -0.1) is 0 Å². The molecule has 4 heteroatoms. The van der Waals surface area contributed by atoms with Gasteiger partial charge in [0, 0.05) is 17.1 Å². The summed E-state index contributed by atoms with van der Waals surface area (Å²) in [6.45, 7) is 5.11. The van der Waals surface area contributed by atoms with E-state index in [0.717, 1.165) is 10.9 Å². The molecular formula is C13H19BrN2O. The molecule has 0 bridgehead atoms. The summed E-state index contributed by atoms with van der Waals surface area (Å²) in [5.41, 5.74) is 1.23. The molecule has 3 nitrogen and oxygen atoms in total. The summed E-state index contributed by atoms with van der Waals surface area (Å²) in [5.74, 6) is 0.0517. The van der Waals surface area contributed by atoms with E-state index in [1.807, 2.05) is 26.0 Å². The number of benzene rings is 1. The van der Waals surface area contributed by atoms with Crippen molar-refractivity contribution in [3.8, 4) is 0 Å². The molecule has 0 aliphatic rings. The van der Waals surface area contributed by atoms with Crippen LogP contribution in [0.5, 0.6) is 0 Å². The van der Waals surface area contributed by atoms with Crippen LogP contribution in [0.15, 0.2) is 28.7 Å². The number of nitrogens with one attached hydrogen (secondary N) is 2. The number of carbonyl (C=O) groups is 1. The van der Waals surface area contributed by atoms with E-state index in [0.29, 0.717) is 19.1 Å². The third-order valence-corrected chi connectivity index (χ3v) is 2.85. The van der Waals surface area contributed by atoms with E-state index >= 15 is 0 Å². The average molecular weight is 299 g/mol. The maximum atomic E-state index is 11.4. The Labute approximate surface area is 111 Å². The highest BCUT2D eigenvalue weighted by Gasteiger charge is 2.01. The van der Waals surface area contributed by atoms with Gasteiger partial charge in [-0.05, 0) is 24.1 Å². The van der Waals surface area contributed by atoms with Crippen molar-refractivity contribution in [2.75, 3.05) is 13.1 Å². The fraction of sp³-hybridized carbons (Fsp3) is 0.462. The summed E-state index contributed by atoms with van der Waals surface area (Å²) in [6.07, 6.45) is 0.862. The fourth-order valence-electron chi connectivity index (χ4n) is 1.36. The van der Waals surface area contributed by atoms with Gasteiger partial charge in [0.15, 0.2) is 0 Å². The summed E-state index contributed by atoms with van der Waals surface area (Å²) in [6, 6.07) is 8.48. The molecule has 0 saturated heterocycles. The molecule has 0 fully saturated rings. The maximum Gasteiger partial charge on any atom is 0.233 e. The first-order chi connectivity index (χ1) is 8.08. The zero-order valence-corrected chi connectivity index (χ0v) is 11.9. The average Bonchev–Trinajstić information content (AvgIpc) is 2.29. The molecule has 1 amide bonds. The Hall–Kier alpha value is -0.870. The molecule has 2 N–H and O–H groups in total. The van der Waals surface area contributed by atoms with E-state index in [4.69, 9.17) is 0 Å². The lowest BCUT2D eigenvalue weighted by atomic mass is 10.1. The monoisotopic (exact) mass is 298 g/mol. The van der Waals surface area contributed by atoms with E-state index < -0.39 is 0 Å². The first-order valence-electron chi connectivity index (χ1n) is 5.82. The third-order valence-electron chi connectivity index (χ3n) is 2.32. The number of hydrogen-bond acceptors (Lipinski definition) is 2. The zero-order valence-electron chi connectivity index (χ0n) is 10.3. The van der Waals surface area contributed by atoms with Crippen LogP contribution in [0.3, 0.4) is 0 Å². The van der Waals surface area contributed by atoms with Crippen molar-refractivity contribution in [3.05, 3.63) is 34.3 Å². The van der Waals surface area contributed by atoms with Gasteiger partial charge in [-0.3, -0.25) is 4.79 Å². The Balaban J connectivity index is 2.19. The van der Waals surface area contributed by atoms with Crippen molar-refractivity contribution >= 4 is 21.8 Å². The maximum absolute atomic E-state index is 11.4. The van der Waals surface area contributed by atoms with Gasteiger partial charge in [0.1, 0.15) is 0 Å². The first kappa shape index (κ1) is 14.2. The van der Waals surface area contributed by atoms with Crippen LogP contribution < -0.4 is 10.6 Å². The van der Waals surface area contributed by atoms with Gasteiger partial charge in [0.2, 0.25) is 5.91 Å². The normalized spacial score (nSPS) is 10.6. The summed E-state index contributed by atoms with van der Waals surface area (Å²) in [7, 11) is 0. The lowest BCUT2D eigenvalue weighted by Gasteiger charge is -2.08. The number of rotatable bonds is 6. The molecule has 0 aliphatic heterocycles. The Morgan fingerprint density at radius 2 is 1.94 bits per heavy atom. The molecule has 1 aromatic carbocycles. The highest BCUT2D eigenvalue weighted by molar-refractivity contribution is 9.10. The molecule has 0 heterocycles. The molecule has 1 aromatic rings. The first-order valence-corrected chi connectivity index (χ1v) is 6.62. The molecule has 0 aliphatic carbocycles. The Bertz CT molecular complexity index is 349. The SMILES string of the molecule is CC(C)NCC(=O)NCCc1ccc(Br)cc1. The van der Waals surface area contributed by atoms with Crippen molar-refractivity contribution in [2.45, 2.75) is 26.3 Å². The van der Waals surface area contributed by atoms with E-state index in [1.54, 1.807) is 0 Å². The molecule has 0 unspecified atom stereocenters. The molecule has 0 atom stereocenters. The van der Waals surface area contributed by atoms with Crippen LogP contribution in [0.4, 0.5) is 0 Å². The Morgan fingerprint density at radius 3 is 2.53 bits per heavy atom. The molecular weight excluding hydrogens is 280 g/mol. The van der Waals surface area contributed by atoms with E-state index in [2.05, 4.69) is 38.7 Å². The van der Waals surface area contributed by atoms with Crippen LogP contribution in [0, 0.1) is 0 Å². The second-order valence-electron chi connectivity index (χ2n) is 4.26. The van der Waals surface area contributed by atoms with Gasteiger partial charge < -0.3 is 10.6 Å². The van der Waals surface area contributed by atoms with Crippen molar-refractivity contribution in [1.29, 1.82) is 0 Å². The fourth-order valence-corrected chi connectivity index (χ4v) is 1.62. The van der Waals surface area contributed by atoms with Gasteiger partial charge in [0.25, 0.3) is 0 Å². The summed E-state index contributed by atoms with van der Waals surface area (Å²) < 4.78 is 1.08. The van der Waals surface area contributed by atoms with Gasteiger partial charge in [0.05, 0.1) is 6.54 Å². The molecule has 0 radical (unpaired) electrons. The van der Waals surface area contributed by atoms with Gasteiger partial charge in [-0.1, -0.05) is 41.9 Å². The topological polar surface area (TPSA) is 41.1 Å². The van der Waals surface area contributed by atoms with Crippen molar-refractivity contribution < 1.29 is 4.79 Å².